The van der Waals surface area contributed by atoms with Crippen LogP contribution in [0.2, 0.25) is 0 Å². The van der Waals surface area contributed by atoms with E-state index in [1.54, 1.807) is 0 Å². The molecule has 0 fully saturated rings. The summed E-state index contributed by atoms with van der Waals surface area (Å²) in [5.74, 6) is 0. The molecule has 0 N–H and O–H groups in total. The molecule has 0 aliphatic rings. The highest BCUT2D eigenvalue weighted by Gasteiger charge is 1.94. The highest BCUT2D eigenvalue weighted by atomic mass is 79.9. The Morgan fingerprint density at radius 2 is 2.00 bits per heavy atom. The van der Waals surface area contributed by atoms with Crippen LogP contribution in [0, 0.1) is 0 Å². The number of rotatable bonds is 4. The van der Waals surface area contributed by atoms with Crippen LogP contribution in [0.1, 0.15) is 6.42 Å². The SMILES string of the molecule is BrC/C=C/C(Br)CCBr. The number of alkyl halides is 3. The second-order valence-corrected chi connectivity index (χ2v) is 4.19. The maximum absolute atomic E-state index is 3.50. The Labute approximate surface area is 81.5 Å². The van der Waals surface area contributed by atoms with Crippen molar-refractivity contribution in [2.24, 2.45) is 0 Å². The van der Waals surface area contributed by atoms with Gasteiger partial charge in [0.05, 0.1) is 0 Å². The van der Waals surface area contributed by atoms with Crippen molar-refractivity contribution >= 4 is 47.8 Å². The third-order valence-corrected chi connectivity index (χ3v) is 2.41. The molecule has 0 radical (unpaired) electrons. The minimum atomic E-state index is 0.523. The van der Waals surface area contributed by atoms with Gasteiger partial charge >= 0.3 is 0 Å². The molecule has 0 nitrogen and oxygen atoms in total. The van der Waals surface area contributed by atoms with Gasteiger partial charge in [0.25, 0.3) is 0 Å². The van der Waals surface area contributed by atoms with Crippen molar-refractivity contribution in [3.63, 3.8) is 0 Å². The Morgan fingerprint density at radius 1 is 1.33 bits per heavy atom. The van der Waals surface area contributed by atoms with Gasteiger partial charge in [0.2, 0.25) is 0 Å². The van der Waals surface area contributed by atoms with Crippen LogP contribution in [0.15, 0.2) is 12.2 Å². The van der Waals surface area contributed by atoms with Crippen LogP contribution in [0.5, 0.6) is 0 Å². The van der Waals surface area contributed by atoms with Crippen LogP contribution >= 0.6 is 47.8 Å². The molecule has 1 unspecified atom stereocenters. The van der Waals surface area contributed by atoms with Gasteiger partial charge in [-0.25, -0.2) is 0 Å². The smallest absolute Gasteiger partial charge is 0.0333 e. The Bertz CT molecular complexity index is 80.4. The first-order chi connectivity index (χ1) is 4.31. The average molecular weight is 321 g/mol. The molecule has 1 atom stereocenters. The van der Waals surface area contributed by atoms with Gasteiger partial charge in [-0.15, -0.1) is 0 Å². The zero-order chi connectivity index (χ0) is 7.11. The van der Waals surface area contributed by atoms with Crippen molar-refractivity contribution in [2.45, 2.75) is 11.2 Å². The van der Waals surface area contributed by atoms with Gasteiger partial charge in [-0.1, -0.05) is 59.9 Å². The van der Waals surface area contributed by atoms with Crippen LogP contribution in [-0.4, -0.2) is 15.5 Å². The Hall–Kier alpha value is 1.18. The predicted octanol–water partition coefficient (Wildman–Crippen LogP) is 3.49. The molecule has 0 aromatic heterocycles. The summed E-state index contributed by atoms with van der Waals surface area (Å²) in [6, 6.07) is 0. The zero-order valence-corrected chi connectivity index (χ0v) is 9.75. The normalized spacial score (nSPS) is 14.6. The van der Waals surface area contributed by atoms with Crippen molar-refractivity contribution < 1.29 is 0 Å². The molecule has 0 heterocycles. The van der Waals surface area contributed by atoms with E-state index < -0.39 is 0 Å². The molecule has 0 rings (SSSR count). The molecular formula is C6H9Br3. The number of hydrogen-bond donors (Lipinski definition) is 0. The minimum absolute atomic E-state index is 0.523. The van der Waals surface area contributed by atoms with Gasteiger partial charge in [-0.2, -0.15) is 0 Å². The molecule has 0 saturated heterocycles. The van der Waals surface area contributed by atoms with E-state index in [2.05, 4.69) is 59.9 Å². The molecule has 0 aromatic rings. The summed E-state index contributed by atoms with van der Waals surface area (Å²) in [6.45, 7) is 0. The lowest BCUT2D eigenvalue weighted by Crippen LogP contribution is -1.91. The molecule has 0 bridgehead atoms. The molecule has 0 amide bonds. The summed E-state index contributed by atoms with van der Waals surface area (Å²) in [5.41, 5.74) is 0. The Balaban J connectivity index is 3.25. The van der Waals surface area contributed by atoms with E-state index in [0.717, 1.165) is 17.1 Å². The van der Waals surface area contributed by atoms with Crippen LogP contribution in [0.25, 0.3) is 0 Å². The first kappa shape index (κ1) is 10.2. The summed E-state index contributed by atoms with van der Waals surface area (Å²) in [6.07, 6.45) is 5.39. The lowest BCUT2D eigenvalue weighted by Gasteiger charge is -1.97. The van der Waals surface area contributed by atoms with Crippen molar-refractivity contribution in [1.82, 2.24) is 0 Å². The predicted molar refractivity (Wildman–Crippen MR) is 54.1 cm³/mol. The topological polar surface area (TPSA) is 0 Å². The van der Waals surface area contributed by atoms with Crippen LogP contribution < -0.4 is 0 Å². The molecule has 3 heteroatoms. The Morgan fingerprint density at radius 3 is 2.44 bits per heavy atom. The van der Waals surface area contributed by atoms with Gasteiger partial charge in [-0.3, -0.25) is 0 Å². The molecular weight excluding hydrogens is 312 g/mol. The molecule has 0 aromatic carbocycles. The van der Waals surface area contributed by atoms with Crippen LogP contribution in [0.3, 0.4) is 0 Å². The van der Waals surface area contributed by atoms with E-state index in [0.29, 0.717) is 4.83 Å². The second-order valence-electron chi connectivity index (χ2n) is 1.58. The highest BCUT2D eigenvalue weighted by molar-refractivity contribution is 9.10. The van der Waals surface area contributed by atoms with E-state index in [9.17, 15) is 0 Å². The number of hydrogen-bond acceptors (Lipinski definition) is 0. The van der Waals surface area contributed by atoms with Crippen molar-refractivity contribution in [3.05, 3.63) is 12.2 Å². The average Bonchev–Trinajstić information content (AvgIpc) is 1.85. The van der Waals surface area contributed by atoms with Crippen LogP contribution in [-0.2, 0) is 0 Å². The molecule has 0 saturated carbocycles. The molecule has 54 valence electrons. The fraction of sp³-hybridized carbons (Fsp3) is 0.667. The summed E-state index contributed by atoms with van der Waals surface area (Å²) in [7, 11) is 0. The van der Waals surface area contributed by atoms with Gasteiger partial charge < -0.3 is 0 Å². The molecule has 0 aliphatic heterocycles. The van der Waals surface area contributed by atoms with Gasteiger partial charge in [-0.05, 0) is 6.42 Å². The summed E-state index contributed by atoms with van der Waals surface area (Å²) in [5, 5.41) is 1.99. The Kier molecular flexibility index (Phi) is 8.24. The number of allylic oxidation sites excluding steroid dienone is 2. The lowest BCUT2D eigenvalue weighted by molar-refractivity contribution is 1.01. The van der Waals surface area contributed by atoms with Gasteiger partial charge in [0.15, 0.2) is 0 Å². The summed E-state index contributed by atoms with van der Waals surface area (Å²) >= 11 is 10.2. The first-order valence-electron chi connectivity index (χ1n) is 2.74. The maximum Gasteiger partial charge on any atom is 0.0333 e. The minimum Gasteiger partial charge on any atom is -0.0928 e. The van der Waals surface area contributed by atoms with Crippen LogP contribution in [0.4, 0.5) is 0 Å². The largest absolute Gasteiger partial charge is 0.0928 e. The maximum atomic E-state index is 3.50. The molecule has 0 spiro atoms. The van der Waals surface area contributed by atoms with E-state index >= 15 is 0 Å². The van der Waals surface area contributed by atoms with E-state index in [1.165, 1.54) is 0 Å². The number of halogens is 3. The third-order valence-electron chi connectivity index (χ3n) is 0.819. The standard InChI is InChI=1S/C6H9Br3/c7-4-1-2-6(9)3-5-8/h1-2,6H,3-5H2/b2-1+. The quantitative estimate of drug-likeness (QED) is 0.549. The fourth-order valence-electron chi connectivity index (χ4n) is 0.400. The highest BCUT2D eigenvalue weighted by Crippen LogP contribution is 2.08. The molecule has 0 aliphatic carbocycles. The van der Waals surface area contributed by atoms with Crippen molar-refractivity contribution in [3.8, 4) is 0 Å². The van der Waals surface area contributed by atoms with Crippen molar-refractivity contribution in [1.29, 1.82) is 0 Å². The van der Waals surface area contributed by atoms with Gasteiger partial charge in [0, 0.05) is 15.5 Å². The van der Waals surface area contributed by atoms with E-state index in [1.807, 2.05) is 0 Å². The molecule has 9 heavy (non-hydrogen) atoms. The van der Waals surface area contributed by atoms with E-state index in [-0.39, 0.29) is 0 Å². The second kappa shape index (κ2) is 7.29. The lowest BCUT2D eigenvalue weighted by atomic mass is 10.3. The van der Waals surface area contributed by atoms with Crippen molar-refractivity contribution in [2.75, 3.05) is 10.7 Å². The monoisotopic (exact) mass is 318 g/mol. The first-order valence-corrected chi connectivity index (χ1v) is 5.89. The van der Waals surface area contributed by atoms with Gasteiger partial charge in [0.1, 0.15) is 0 Å². The summed E-state index contributed by atoms with van der Waals surface area (Å²) in [4.78, 5) is 0.523. The fourth-order valence-corrected chi connectivity index (χ4v) is 2.17. The zero-order valence-electron chi connectivity index (χ0n) is 4.99. The van der Waals surface area contributed by atoms with E-state index in [4.69, 9.17) is 0 Å². The summed E-state index contributed by atoms with van der Waals surface area (Å²) < 4.78 is 0. The third kappa shape index (κ3) is 7.07.